The van der Waals surface area contributed by atoms with E-state index in [1.807, 2.05) is 0 Å². The normalized spacial score (nSPS) is 21.6. The number of hydrogen-bond donors (Lipinski definition) is 1. The van der Waals surface area contributed by atoms with Gasteiger partial charge in [0, 0.05) is 29.7 Å². The van der Waals surface area contributed by atoms with Gasteiger partial charge < -0.3 is 9.63 Å². The number of carboxylic acid groups (broad SMARTS) is 1. The summed E-state index contributed by atoms with van der Waals surface area (Å²) in [7, 11) is 0. The van der Waals surface area contributed by atoms with Crippen LogP contribution in [-0.2, 0) is 11.3 Å². The SMILES string of the molecule is O=C(O)[C@@H]1CN(Cc2cc(-c3ccc(Cl)cc3)no2)C[C@H]1C(F)(F)F. The van der Waals surface area contributed by atoms with Gasteiger partial charge in [-0.1, -0.05) is 28.9 Å². The van der Waals surface area contributed by atoms with Gasteiger partial charge in [-0.25, -0.2) is 0 Å². The highest BCUT2D eigenvalue weighted by molar-refractivity contribution is 6.30. The van der Waals surface area contributed by atoms with Crippen molar-refractivity contribution in [2.75, 3.05) is 13.1 Å². The van der Waals surface area contributed by atoms with Crippen LogP contribution in [0.25, 0.3) is 11.3 Å². The molecule has 0 bridgehead atoms. The van der Waals surface area contributed by atoms with E-state index in [9.17, 15) is 18.0 Å². The third kappa shape index (κ3) is 3.96. The number of carboxylic acids is 1. The van der Waals surface area contributed by atoms with Crippen LogP contribution in [0.5, 0.6) is 0 Å². The highest BCUT2D eigenvalue weighted by Crippen LogP contribution is 2.38. The molecule has 1 aliphatic rings. The fraction of sp³-hybridized carbons (Fsp3) is 0.375. The molecule has 1 aliphatic heterocycles. The lowest BCUT2D eigenvalue weighted by molar-refractivity contribution is -0.188. The Morgan fingerprint density at radius 2 is 2.00 bits per heavy atom. The Bertz CT molecular complexity index is 761. The second-order valence-electron chi connectivity index (χ2n) is 5.97. The minimum atomic E-state index is -4.55. The number of carbonyl (C=O) groups is 1. The van der Waals surface area contributed by atoms with Crippen molar-refractivity contribution in [1.29, 1.82) is 0 Å². The molecule has 0 aliphatic carbocycles. The van der Waals surface area contributed by atoms with Gasteiger partial charge in [0.05, 0.1) is 18.4 Å². The third-order valence-corrected chi connectivity index (χ3v) is 4.46. The summed E-state index contributed by atoms with van der Waals surface area (Å²) < 4.78 is 44.2. The van der Waals surface area contributed by atoms with Crippen molar-refractivity contribution in [3.63, 3.8) is 0 Å². The first-order valence-corrected chi connectivity index (χ1v) is 7.85. The van der Waals surface area contributed by atoms with Crippen LogP contribution in [0.3, 0.4) is 0 Å². The van der Waals surface area contributed by atoms with Gasteiger partial charge in [0.2, 0.25) is 0 Å². The molecule has 0 amide bonds. The van der Waals surface area contributed by atoms with Crippen molar-refractivity contribution in [3.8, 4) is 11.3 Å². The van der Waals surface area contributed by atoms with Crippen LogP contribution in [-0.4, -0.2) is 40.4 Å². The molecule has 5 nitrogen and oxygen atoms in total. The minimum Gasteiger partial charge on any atom is -0.481 e. The minimum absolute atomic E-state index is 0.0664. The zero-order valence-electron chi connectivity index (χ0n) is 12.8. The molecule has 1 saturated heterocycles. The summed E-state index contributed by atoms with van der Waals surface area (Å²) >= 11 is 5.82. The first kappa shape index (κ1) is 17.8. The molecular formula is C16H14ClF3N2O3. The molecule has 3 rings (SSSR count). The van der Waals surface area contributed by atoms with Gasteiger partial charge in [-0.2, -0.15) is 13.2 Å². The summed E-state index contributed by atoms with van der Waals surface area (Å²) in [6.07, 6.45) is -4.55. The van der Waals surface area contributed by atoms with E-state index in [1.54, 1.807) is 30.3 Å². The molecule has 0 spiro atoms. The number of hydrogen-bond acceptors (Lipinski definition) is 4. The maximum absolute atomic E-state index is 13.0. The molecule has 2 aromatic rings. The average Bonchev–Trinajstić information content (AvgIpc) is 3.15. The number of benzene rings is 1. The van der Waals surface area contributed by atoms with Crippen LogP contribution in [0.2, 0.25) is 5.02 Å². The quantitative estimate of drug-likeness (QED) is 0.884. The van der Waals surface area contributed by atoms with E-state index in [1.165, 1.54) is 4.90 Å². The molecule has 2 atom stereocenters. The number of aliphatic carboxylic acids is 1. The van der Waals surface area contributed by atoms with E-state index in [2.05, 4.69) is 5.16 Å². The molecule has 134 valence electrons. The van der Waals surface area contributed by atoms with E-state index in [0.29, 0.717) is 16.5 Å². The Kier molecular flexibility index (Phi) is 4.75. The van der Waals surface area contributed by atoms with Crippen LogP contribution in [0.4, 0.5) is 13.2 Å². The fourth-order valence-corrected chi connectivity index (χ4v) is 3.09. The highest BCUT2D eigenvalue weighted by atomic mass is 35.5. The summed E-state index contributed by atoms with van der Waals surface area (Å²) in [5, 5.41) is 13.5. The van der Waals surface area contributed by atoms with E-state index in [0.717, 1.165) is 5.56 Å². The Hall–Kier alpha value is -2.06. The highest BCUT2D eigenvalue weighted by Gasteiger charge is 2.52. The van der Waals surface area contributed by atoms with Gasteiger partial charge in [-0.15, -0.1) is 0 Å². The molecule has 1 N–H and O–H groups in total. The van der Waals surface area contributed by atoms with Crippen molar-refractivity contribution in [1.82, 2.24) is 10.1 Å². The Labute approximate surface area is 146 Å². The van der Waals surface area contributed by atoms with E-state index in [-0.39, 0.29) is 19.6 Å². The van der Waals surface area contributed by atoms with Gasteiger partial charge in [0.25, 0.3) is 0 Å². The standard InChI is InChI=1S/C16H14ClF3N2O3/c17-10-3-1-9(2-4-10)14-5-11(25-21-14)6-22-7-12(15(23)24)13(8-22)16(18,19)20/h1-5,12-13H,6-8H2,(H,23,24)/t12-,13-/m1/s1. The monoisotopic (exact) mass is 374 g/mol. The topological polar surface area (TPSA) is 66.6 Å². The predicted octanol–water partition coefficient (Wildman–Crippen LogP) is 3.69. The van der Waals surface area contributed by atoms with Gasteiger partial charge in [-0.05, 0) is 12.1 Å². The number of halogens is 4. The molecule has 0 unspecified atom stereocenters. The Morgan fingerprint density at radius 3 is 2.56 bits per heavy atom. The maximum Gasteiger partial charge on any atom is 0.393 e. The summed E-state index contributed by atoms with van der Waals surface area (Å²) in [6, 6.07) is 8.51. The number of likely N-dealkylation sites (tertiary alicyclic amines) is 1. The molecule has 0 saturated carbocycles. The molecule has 1 aromatic carbocycles. The van der Waals surface area contributed by atoms with E-state index in [4.69, 9.17) is 21.2 Å². The Morgan fingerprint density at radius 1 is 1.32 bits per heavy atom. The van der Waals surface area contributed by atoms with Crippen molar-refractivity contribution < 1.29 is 27.6 Å². The van der Waals surface area contributed by atoms with Gasteiger partial charge >= 0.3 is 12.1 Å². The number of aromatic nitrogens is 1. The molecule has 1 aromatic heterocycles. The summed E-state index contributed by atoms with van der Waals surface area (Å²) in [6.45, 7) is -0.495. The van der Waals surface area contributed by atoms with Crippen LogP contribution < -0.4 is 0 Å². The average molecular weight is 375 g/mol. The lowest BCUT2D eigenvalue weighted by Gasteiger charge is -2.18. The third-order valence-electron chi connectivity index (χ3n) is 4.21. The predicted molar refractivity (Wildman–Crippen MR) is 82.9 cm³/mol. The molecular weight excluding hydrogens is 361 g/mol. The first-order chi connectivity index (χ1) is 11.7. The molecule has 0 radical (unpaired) electrons. The van der Waals surface area contributed by atoms with Crippen LogP contribution in [0.1, 0.15) is 5.76 Å². The van der Waals surface area contributed by atoms with Crippen molar-refractivity contribution in [2.24, 2.45) is 11.8 Å². The van der Waals surface area contributed by atoms with E-state index >= 15 is 0 Å². The van der Waals surface area contributed by atoms with Crippen LogP contribution in [0.15, 0.2) is 34.9 Å². The van der Waals surface area contributed by atoms with Crippen LogP contribution >= 0.6 is 11.6 Å². The fourth-order valence-electron chi connectivity index (χ4n) is 2.96. The number of nitrogens with zero attached hydrogens (tertiary/aromatic N) is 2. The maximum atomic E-state index is 13.0. The summed E-state index contributed by atoms with van der Waals surface area (Å²) in [4.78, 5) is 12.5. The number of alkyl halides is 3. The molecule has 1 fully saturated rings. The summed E-state index contributed by atoms with van der Waals surface area (Å²) in [5.41, 5.74) is 1.30. The second kappa shape index (κ2) is 6.68. The second-order valence-corrected chi connectivity index (χ2v) is 6.41. The van der Waals surface area contributed by atoms with Gasteiger partial charge in [0.15, 0.2) is 5.76 Å². The first-order valence-electron chi connectivity index (χ1n) is 7.47. The largest absolute Gasteiger partial charge is 0.481 e. The molecule has 9 heteroatoms. The van der Waals surface area contributed by atoms with Crippen LogP contribution in [0, 0.1) is 11.8 Å². The number of rotatable bonds is 4. The van der Waals surface area contributed by atoms with Crippen molar-refractivity contribution in [3.05, 3.63) is 41.1 Å². The molecule has 2 heterocycles. The van der Waals surface area contributed by atoms with E-state index < -0.39 is 24.0 Å². The Balaban J connectivity index is 1.71. The lowest BCUT2D eigenvalue weighted by atomic mass is 9.96. The smallest absolute Gasteiger partial charge is 0.393 e. The van der Waals surface area contributed by atoms with Gasteiger partial charge in [-0.3, -0.25) is 9.69 Å². The zero-order chi connectivity index (χ0) is 18.2. The zero-order valence-corrected chi connectivity index (χ0v) is 13.6. The van der Waals surface area contributed by atoms with Crippen molar-refractivity contribution >= 4 is 17.6 Å². The van der Waals surface area contributed by atoms with Gasteiger partial charge in [0.1, 0.15) is 5.69 Å². The lowest BCUT2D eigenvalue weighted by Crippen LogP contribution is -2.33. The summed E-state index contributed by atoms with van der Waals surface area (Å²) in [5.74, 6) is -4.43. The molecule has 25 heavy (non-hydrogen) atoms. The van der Waals surface area contributed by atoms with Crippen molar-refractivity contribution in [2.45, 2.75) is 12.7 Å².